The fourth-order valence-electron chi connectivity index (χ4n) is 2.20. The summed E-state index contributed by atoms with van der Waals surface area (Å²) in [6, 6.07) is 4.88. The zero-order valence-electron chi connectivity index (χ0n) is 10.3. The molecular formula is C13H17FN2S2. The van der Waals surface area contributed by atoms with Crippen LogP contribution in [0.15, 0.2) is 18.2 Å². The SMILES string of the molecule is CSC1(CNc2cccc(F)c2C(N)=S)CCC1. The normalized spacial score (nSPS) is 17.0. The number of halogens is 1. The van der Waals surface area contributed by atoms with Gasteiger partial charge in [0.25, 0.3) is 0 Å². The predicted octanol–water partition coefficient (Wildman–Crippen LogP) is 3.16. The lowest BCUT2D eigenvalue weighted by Crippen LogP contribution is -2.40. The van der Waals surface area contributed by atoms with Crippen LogP contribution < -0.4 is 11.1 Å². The molecule has 1 fully saturated rings. The maximum atomic E-state index is 13.7. The van der Waals surface area contributed by atoms with Crippen molar-refractivity contribution in [3.63, 3.8) is 0 Å². The minimum atomic E-state index is -0.362. The predicted molar refractivity (Wildman–Crippen MR) is 80.9 cm³/mol. The summed E-state index contributed by atoms with van der Waals surface area (Å²) in [5, 5.41) is 3.30. The first-order valence-corrected chi connectivity index (χ1v) is 7.59. The first-order chi connectivity index (χ1) is 8.58. The van der Waals surface area contributed by atoms with Gasteiger partial charge in [0.05, 0.1) is 5.56 Å². The van der Waals surface area contributed by atoms with Gasteiger partial charge in [-0.2, -0.15) is 11.8 Å². The van der Waals surface area contributed by atoms with Crippen molar-refractivity contribution in [3.05, 3.63) is 29.6 Å². The molecule has 1 aromatic carbocycles. The molecular weight excluding hydrogens is 267 g/mol. The van der Waals surface area contributed by atoms with Gasteiger partial charge in [0.1, 0.15) is 10.8 Å². The van der Waals surface area contributed by atoms with Gasteiger partial charge in [0.2, 0.25) is 0 Å². The zero-order chi connectivity index (χ0) is 13.2. The second-order valence-corrected chi connectivity index (χ2v) is 6.33. The number of nitrogens with two attached hydrogens (primary N) is 1. The van der Waals surface area contributed by atoms with E-state index in [0.29, 0.717) is 16.0 Å². The number of rotatable bonds is 5. The van der Waals surface area contributed by atoms with E-state index in [-0.39, 0.29) is 10.8 Å². The van der Waals surface area contributed by atoms with Crippen LogP contribution in [0.2, 0.25) is 0 Å². The summed E-state index contributed by atoms with van der Waals surface area (Å²) >= 11 is 6.78. The van der Waals surface area contributed by atoms with Crippen LogP contribution >= 0.6 is 24.0 Å². The number of hydrogen-bond donors (Lipinski definition) is 2. The molecule has 0 bridgehead atoms. The lowest BCUT2D eigenvalue weighted by atomic mass is 9.84. The van der Waals surface area contributed by atoms with Crippen molar-refractivity contribution < 1.29 is 4.39 Å². The van der Waals surface area contributed by atoms with Crippen LogP contribution in [-0.4, -0.2) is 22.5 Å². The second-order valence-electron chi connectivity index (χ2n) is 4.62. The van der Waals surface area contributed by atoms with Gasteiger partial charge in [-0.15, -0.1) is 0 Å². The Morgan fingerprint density at radius 1 is 1.56 bits per heavy atom. The molecule has 1 aliphatic rings. The van der Waals surface area contributed by atoms with Crippen LogP contribution in [0.25, 0.3) is 0 Å². The maximum Gasteiger partial charge on any atom is 0.135 e. The molecule has 0 heterocycles. The van der Waals surface area contributed by atoms with E-state index in [9.17, 15) is 4.39 Å². The molecule has 1 saturated carbocycles. The molecule has 98 valence electrons. The highest BCUT2D eigenvalue weighted by molar-refractivity contribution is 8.00. The molecule has 0 aliphatic heterocycles. The molecule has 0 saturated heterocycles. The van der Waals surface area contributed by atoms with Crippen LogP contribution in [0.3, 0.4) is 0 Å². The Labute approximate surface area is 117 Å². The zero-order valence-corrected chi connectivity index (χ0v) is 12.0. The standard InChI is InChI=1S/C13H17FN2S2/c1-18-13(6-3-7-13)8-16-10-5-2-4-9(14)11(10)12(15)17/h2,4-5,16H,3,6-8H2,1H3,(H2,15,17). The van der Waals surface area contributed by atoms with Crippen LogP contribution in [-0.2, 0) is 0 Å². The van der Waals surface area contributed by atoms with E-state index in [1.807, 2.05) is 17.8 Å². The van der Waals surface area contributed by atoms with E-state index in [1.54, 1.807) is 6.07 Å². The van der Waals surface area contributed by atoms with Crippen molar-refractivity contribution in [3.8, 4) is 0 Å². The largest absolute Gasteiger partial charge is 0.389 e. The minimum absolute atomic E-state index is 0.0995. The summed E-state index contributed by atoms with van der Waals surface area (Å²) in [6.45, 7) is 0.827. The smallest absolute Gasteiger partial charge is 0.135 e. The average Bonchev–Trinajstić information content (AvgIpc) is 2.27. The van der Waals surface area contributed by atoms with Crippen LogP contribution in [0, 0.1) is 5.82 Å². The highest BCUT2D eigenvalue weighted by Crippen LogP contribution is 2.42. The highest BCUT2D eigenvalue weighted by Gasteiger charge is 2.35. The number of anilines is 1. The Kier molecular flexibility index (Phi) is 4.12. The molecule has 0 radical (unpaired) electrons. The summed E-state index contributed by atoms with van der Waals surface area (Å²) in [4.78, 5) is 0.0995. The monoisotopic (exact) mass is 284 g/mol. The van der Waals surface area contributed by atoms with Gasteiger partial charge in [-0.1, -0.05) is 24.7 Å². The van der Waals surface area contributed by atoms with Gasteiger partial charge in [-0.05, 0) is 31.2 Å². The minimum Gasteiger partial charge on any atom is -0.389 e. The van der Waals surface area contributed by atoms with Crippen molar-refractivity contribution in [1.29, 1.82) is 0 Å². The van der Waals surface area contributed by atoms with Gasteiger partial charge in [0, 0.05) is 17.0 Å². The van der Waals surface area contributed by atoms with E-state index < -0.39 is 0 Å². The van der Waals surface area contributed by atoms with Crippen LogP contribution in [0.4, 0.5) is 10.1 Å². The number of hydrogen-bond acceptors (Lipinski definition) is 3. The van der Waals surface area contributed by atoms with Gasteiger partial charge < -0.3 is 11.1 Å². The lowest BCUT2D eigenvalue weighted by Gasteiger charge is -2.40. The fraction of sp³-hybridized carbons (Fsp3) is 0.462. The summed E-state index contributed by atoms with van der Waals surface area (Å²) in [6.07, 6.45) is 5.81. The van der Waals surface area contributed by atoms with Gasteiger partial charge in [-0.25, -0.2) is 4.39 Å². The number of thioether (sulfide) groups is 1. The third kappa shape index (κ3) is 2.62. The Morgan fingerprint density at radius 2 is 2.28 bits per heavy atom. The van der Waals surface area contributed by atoms with E-state index in [2.05, 4.69) is 11.6 Å². The molecule has 1 aliphatic carbocycles. The number of benzene rings is 1. The molecule has 3 N–H and O–H groups in total. The molecule has 2 nitrogen and oxygen atoms in total. The van der Waals surface area contributed by atoms with Crippen molar-refractivity contribution in [2.75, 3.05) is 18.1 Å². The van der Waals surface area contributed by atoms with Crippen molar-refractivity contribution in [1.82, 2.24) is 0 Å². The molecule has 5 heteroatoms. The van der Waals surface area contributed by atoms with Crippen LogP contribution in [0.5, 0.6) is 0 Å². The second kappa shape index (κ2) is 5.45. The molecule has 18 heavy (non-hydrogen) atoms. The van der Waals surface area contributed by atoms with Gasteiger partial charge >= 0.3 is 0 Å². The first kappa shape index (κ1) is 13.6. The summed E-state index contributed by atoms with van der Waals surface area (Å²) in [7, 11) is 0. The molecule has 2 rings (SSSR count). The van der Waals surface area contributed by atoms with E-state index in [4.69, 9.17) is 18.0 Å². The third-order valence-corrected chi connectivity index (χ3v) is 5.18. The molecule has 0 aromatic heterocycles. The van der Waals surface area contributed by atoms with E-state index >= 15 is 0 Å². The molecule has 0 spiro atoms. The molecule has 1 aromatic rings. The Morgan fingerprint density at radius 3 is 2.78 bits per heavy atom. The lowest BCUT2D eigenvalue weighted by molar-refractivity contribution is 0.380. The van der Waals surface area contributed by atoms with Crippen molar-refractivity contribution in [2.24, 2.45) is 5.73 Å². The Balaban J connectivity index is 2.14. The summed E-state index contributed by atoms with van der Waals surface area (Å²) in [5.74, 6) is -0.362. The van der Waals surface area contributed by atoms with Crippen LogP contribution in [0.1, 0.15) is 24.8 Å². The topological polar surface area (TPSA) is 38.0 Å². The fourth-order valence-corrected chi connectivity index (χ4v) is 3.32. The molecule has 0 atom stereocenters. The summed E-state index contributed by atoms with van der Waals surface area (Å²) in [5.41, 5.74) is 6.60. The third-order valence-electron chi connectivity index (χ3n) is 3.56. The number of thiocarbonyl (C=S) groups is 1. The van der Waals surface area contributed by atoms with E-state index in [0.717, 1.165) is 6.54 Å². The highest BCUT2D eigenvalue weighted by atomic mass is 32.2. The van der Waals surface area contributed by atoms with Crippen molar-refractivity contribution >= 4 is 34.7 Å². The molecule has 0 amide bonds. The first-order valence-electron chi connectivity index (χ1n) is 5.95. The summed E-state index contributed by atoms with van der Waals surface area (Å²) < 4.78 is 14.0. The van der Waals surface area contributed by atoms with Gasteiger partial charge in [0.15, 0.2) is 0 Å². The van der Waals surface area contributed by atoms with Gasteiger partial charge in [-0.3, -0.25) is 0 Å². The quantitative estimate of drug-likeness (QED) is 0.815. The molecule has 0 unspecified atom stereocenters. The Bertz CT molecular complexity index is 453. The number of nitrogens with one attached hydrogen (secondary N) is 1. The maximum absolute atomic E-state index is 13.7. The average molecular weight is 284 g/mol. The van der Waals surface area contributed by atoms with E-state index in [1.165, 1.54) is 25.3 Å². The van der Waals surface area contributed by atoms with Crippen molar-refractivity contribution in [2.45, 2.75) is 24.0 Å². The Hall–Kier alpha value is -0.810.